The maximum absolute atomic E-state index is 13.1. The molecule has 0 spiro atoms. The van der Waals surface area contributed by atoms with Gasteiger partial charge in [0, 0.05) is 0 Å². The molecule has 30 heavy (non-hydrogen) atoms. The van der Waals surface area contributed by atoms with Gasteiger partial charge in [-0.05, 0) is 35.7 Å². The molecule has 0 fully saturated rings. The third kappa shape index (κ3) is 3.81. The first-order valence-corrected chi connectivity index (χ1v) is 9.97. The molecular formula is C22H17FN2O4S. The van der Waals surface area contributed by atoms with Gasteiger partial charge in [-0.1, -0.05) is 42.5 Å². The number of hydrogen-bond acceptors (Lipinski definition) is 5. The topological polar surface area (TPSA) is 81.2 Å². The lowest BCUT2D eigenvalue weighted by Gasteiger charge is -2.05. The Kier molecular flexibility index (Phi) is 5.33. The molecule has 4 rings (SSSR count). The van der Waals surface area contributed by atoms with Crippen molar-refractivity contribution >= 4 is 27.5 Å². The van der Waals surface area contributed by atoms with Crippen LogP contribution >= 0.6 is 11.3 Å². The van der Waals surface area contributed by atoms with Crippen molar-refractivity contribution in [2.24, 2.45) is 0 Å². The van der Waals surface area contributed by atoms with Crippen molar-refractivity contribution in [1.82, 2.24) is 9.55 Å². The van der Waals surface area contributed by atoms with E-state index in [9.17, 15) is 18.8 Å². The standard InChI is InChI=1S/C22H17FN2O4S/c1-13-17-19(30-18(13)21(27)29-12-15-5-3-2-4-6-15)24-22(28)25(20(17)26)11-14-7-9-16(23)10-8-14/h2-10H,11-12H2,1H3,(H,24,28). The van der Waals surface area contributed by atoms with E-state index in [0.717, 1.165) is 21.5 Å². The summed E-state index contributed by atoms with van der Waals surface area (Å²) in [7, 11) is 0. The van der Waals surface area contributed by atoms with Gasteiger partial charge in [0.2, 0.25) is 0 Å². The molecule has 0 aliphatic heterocycles. The van der Waals surface area contributed by atoms with E-state index >= 15 is 0 Å². The second-order valence-corrected chi connectivity index (χ2v) is 7.79. The lowest BCUT2D eigenvalue weighted by atomic mass is 10.2. The van der Waals surface area contributed by atoms with E-state index in [-0.39, 0.29) is 23.4 Å². The van der Waals surface area contributed by atoms with Crippen LogP contribution in [0, 0.1) is 12.7 Å². The second kappa shape index (κ2) is 8.08. The highest BCUT2D eigenvalue weighted by Crippen LogP contribution is 2.27. The number of fused-ring (bicyclic) bond motifs is 1. The van der Waals surface area contributed by atoms with Crippen molar-refractivity contribution < 1.29 is 13.9 Å². The number of ether oxygens (including phenoxy) is 1. The predicted molar refractivity (Wildman–Crippen MR) is 113 cm³/mol. The van der Waals surface area contributed by atoms with Gasteiger partial charge in [0.05, 0.1) is 11.9 Å². The van der Waals surface area contributed by atoms with E-state index in [0.29, 0.717) is 16.0 Å². The number of benzene rings is 2. The number of halogens is 1. The minimum absolute atomic E-state index is 0.00649. The first kappa shape index (κ1) is 19.8. The molecule has 6 nitrogen and oxygen atoms in total. The zero-order chi connectivity index (χ0) is 21.3. The van der Waals surface area contributed by atoms with Crippen molar-refractivity contribution in [3.05, 3.63) is 103 Å². The molecule has 152 valence electrons. The van der Waals surface area contributed by atoms with Gasteiger partial charge < -0.3 is 4.74 Å². The molecule has 2 aromatic heterocycles. The molecule has 0 saturated heterocycles. The Morgan fingerprint density at radius 3 is 2.47 bits per heavy atom. The number of aromatic nitrogens is 2. The lowest BCUT2D eigenvalue weighted by molar-refractivity contribution is 0.0478. The summed E-state index contributed by atoms with van der Waals surface area (Å²) in [6, 6.07) is 14.8. The van der Waals surface area contributed by atoms with Crippen LogP contribution in [0.4, 0.5) is 4.39 Å². The summed E-state index contributed by atoms with van der Waals surface area (Å²) >= 11 is 1.02. The Labute approximate surface area is 174 Å². The summed E-state index contributed by atoms with van der Waals surface area (Å²) in [5.74, 6) is -0.953. The minimum atomic E-state index is -0.595. The summed E-state index contributed by atoms with van der Waals surface area (Å²) in [5.41, 5.74) is 0.816. The van der Waals surface area contributed by atoms with Gasteiger partial charge in [-0.2, -0.15) is 0 Å². The van der Waals surface area contributed by atoms with Gasteiger partial charge in [0.25, 0.3) is 5.56 Å². The summed E-state index contributed by atoms with van der Waals surface area (Å²) < 4.78 is 19.5. The molecule has 2 aromatic carbocycles. The number of thiophene rings is 1. The van der Waals surface area contributed by atoms with Gasteiger partial charge in [0.15, 0.2) is 0 Å². The predicted octanol–water partition coefficient (Wildman–Crippen LogP) is 3.60. The highest BCUT2D eigenvalue weighted by Gasteiger charge is 2.21. The van der Waals surface area contributed by atoms with Gasteiger partial charge in [-0.3, -0.25) is 14.3 Å². The van der Waals surface area contributed by atoms with Crippen molar-refractivity contribution in [3.8, 4) is 0 Å². The number of nitrogens with zero attached hydrogens (tertiary/aromatic N) is 1. The van der Waals surface area contributed by atoms with Crippen LogP contribution in [0.25, 0.3) is 10.2 Å². The Balaban J connectivity index is 1.67. The average molecular weight is 424 g/mol. The van der Waals surface area contributed by atoms with Gasteiger partial charge >= 0.3 is 11.7 Å². The van der Waals surface area contributed by atoms with Crippen LogP contribution in [0.15, 0.2) is 64.2 Å². The van der Waals surface area contributed by atoms with E-state index < -0.39 is 23.0 Å². The van der Waals surface area contributed by atoms with Crippen LogP contribution in [-0.2, 0) is 17.9 Å². The molecule has 0 bridgehead atoms. The molecule has 0 amide bonds. The summed E-state index contributed by atoms with van der Waals surface area (Å²) in [6.45, 7) is 1.76. The fraction of sp³-hybridized carbons (Fsp3) is 0.136. The number of carbonyl (C=O) groups excluding carboxylic acids is 1. The number of nitrogens with one attached hydrogen (secondary N) is 1. The van der Waals surface area contributed by atoms with Crippen molar-refractivity contribution in [2.75, 3.05) is 0 Å². The molecule has 0 radical (unpaired) electrons. The van der Waals surface area contributed by atoms with Crippen LogP contribution in [0.3, 0.4) is 0 Å². The molecular weight excluding hydrogens is 407 g/mol. The molecule has 0 aliphatic rings. The summed E-state index contributed by atoms with van der Waals surface area (Å²) in [6.07, 6.45) is 0. The van der Waals surface area contributed by atoms with E-state index in [2.05, 4.69) is 4.98 Å². The van der Waals surface area contributed by atoms with Crippen LogP contribution in [0.5, 0.6) is 0 Å². The monoisotopic (exact) mass is 424 g/mol. The van der Waals surface area contributed by atoms with Crippen LogP contribution in [-0.4, -0.2) is 15.5 Å². The average Bonchev–Trinajstić information content (AvgIpc) is 3.07. The fourth-order valence-electron chi connectivity index (χ4n) is 3.15. The number of esters is 1. The Morgan fingerprint density at radius 2 is 1.77 bits per heavy atom. The van der Waals surface area contributed by atoms with Crippen LogP contribution in [0.1, 0.15) is 26.4 Å². The van der Waals surface area contributed by atoms with Crippen molar-refractivity contribution in [1.29, 1.82) is 0 Å². The molecule has 0 aliphatic carbocycles. The number of rotatable bonds is 5. The van der Waals surface area contributed by atoms with Crippen molar-refractivity contribution in [2.45, 2.75) is 20.1 Å². The van der Waals surface area contributed by atoms with Gasteiger partial charge in [0.1, 0.15) is 22.1 Å². The fourth-order valence-corrected chi connectivity index (χ4v) is 4.23. The third-order valence-corrected chi connectivity index (χ3v) is 5.91. The first-order chi connectivity index (χ1) is 14.4. The molecule has 2 heterocycles. The van der Waals surface area contributed by atoms with E-state index in [1.165, 1.54) is 24.3 Å². The van der Waals surface area contributed by atoms with E-state index in [1.54, 1.807) is 6.92 Å². The van der Waals surface area contributed by atoms with Crippen LogP contribution in [0.2, 0.25) is 0 Å². The first-order valence-electron chi connectivity index (χ1n) is 9.16. The number of H-pyrrole nitrogens is 1. The maximum atomic E-state index is 13.1. The minimum Gasteiger partial charge on any atom is -0.457 e. The molecule has 4 aromatic rings. The van der Waals surface area contributed by atoms with Gasteiger partial charge in [-0.25, -0.2) is 14.0 Å². The SMILES string of the molecule is Cc1c(C(=O)OCc2ccccc2)sc2[nH]c(=O)n(Cc3ccc(F)cc3)c(=O)c12. The quantitative estimate of drug-likeness (QED) is 0.497. The maximum Gasteiger partial charge on any atom is 0.349 e. The molecule has 0 unspecified atom stereocenters. The van der Waals surface area contributed by atoms with Gasteiger partial charge in [-0.15, -0.1) is 11.3 Å². The Hall–Kier alpha value is -3.52. The largest absolute Gasteiger partial charge is 0.457 e. The lowest BCUT2D eigenvalue weighted by Crippen LogP contribution is -2.35. The van der Waals surface area contributed by atoms with Crippen LogP contribution < -0.4 is 11.2 Å². The smallest absolute Gasteiger partial charge is 0.349 e. The zero-order valence-electron chi connectivity index (χ0n) is 16.0. The number of aromatic amines is 1. The number of aryl methyl sites for hydroxylation is 1. The molecule has 0 saturated carbocycles. The highest BCUT2D eigenvalue weighted by molar-refractivity contribution is 7.20. The van der Waals surface area contributed by atoms with Crippen molar-refractivity contribution in [3.63, 3.8) is 0 Å². The summed E-state index contributed by atoms with van der Waals surface area (Å²) in [4.78, 5) is 41.3. The Morgan fingerprint density at radius 1 is 1.07 bits per heavy atom. The molecule has 0 atom stereocenters. The Bertz CT molecular complexity index is 1340. The van der Waals surface area contributed by atoms with E-state index in [4.69, 9.17) is 4.74 Å². The van der Waals surface area contributed by atoms with E-state index in [1.807, 2.05) is 30.3 Å². The third-order valence-electron chi connectivity index (χ3n) is 4.72. The highest BCUT2D eigenvalue weighted by atomic mass is 32.1. The summed E-state index contributed by atoms with van der Waals surface area (Å²) in [5, 5.41) is 0.272. The second-order valence-electron chi connectivity index (χ2n) is 6.77. The number of hydrogen-bond donors (Lipinski definition) is 1. The zero-order valence-corrected chi connectivity index (χ0v) is 16.8. The molecule has 8 heteroatoms. The molecule has 1 N–H and O–H groups in total. The normalized spacial score (nSPS) is 11.0. The number of carbonyl (C=O) groups is 1.